The highest BCUT2D eigenvalue weighted by Gasteiger charge is 2.46. The summed E-state index contributed by atoms with van der Waals surface area (Å²) < 4.78 is 33.3. The lowest BCUT2D eigenvalue weighted by molar-refractivity contribution is -0.278. The van der Waals surface area contributed by atoms with Crippen molar-refractivity contribution < 1.29 is 73.7 Å². The minimum absolute atomic E-state index is 0.00927. The molecule has 3 aromatic carbocycles. The van der Waals surface area contributed by atoms with Crippen LogP contribution in [-0.4, -0.2) is 98.4 Å². The highest BCUT2D eigenvalue weighted by Crippen LogP contribution is 2.45. The second kappa shape index (κ2) is 13.5. The lowest BCUT2D eigenvalue weighted by Crippen LogP contribution is -2.60. The number of fused-ring (bicyclic) bond motifs is 1. The number of hydrogen-bond donors (Lipinski definition) is 8. The highest BCUT2D eigenvalue weighted by molar-refractivity contribution is 5.89. The first-order chi connectivity index (χ1) is 22.4. The van der Waals surface area contributed by atoms with Crippen molar-refractivity contribution in [2.75, 3.05) is 20.8 Å². The molecule has 47 heavy (non-hydrogen) atoms. The zero-order valence-electron chi connectivity index (χ0n) is 24.8. The molecule has 15 heteroatoms. The summed E-state index contributed by atoms with van der Waals surface area (Å²) in [5, 5.41) is 82.0. The molecule has 0 amide bonds. The summed E-state index contributed by atoms with van der Waals surface area (Å²) in [6.07, 6.45) is -6.14. The Morgan fingerprint density at radius 3 is 2.19 bits per heavy atom. The molecule has 15 nitrogen and oxygen atoms in total. The Hall–Kier alpha value is -5.48. The Bertz CT molecular complexity index is 1800. The molecule has 0 radical (unpaired) electrons. The van der Waals surface area contributed by atoms with Gasteiger partial charge in [-0.1, -0.05) is 6.07 Å². The van der Waals surface area contributed by atoms with Crippen LogP contribution in [0.25, 0.3) is 28.4 Å². The van der Waals surface area contributed by atoms with Gasteiger partial charge >= 0.3 is 17.3 Å². The quantitative estimate of drug-likeness (QED) is 0.0559. The van der Waals surface area contributed by atoms with Crippen LogP contribution >= 0.6 is 0 Å². The van der Waals surface area contributed by atoms with Gasteiger partial charge in [-0.3, -0.25) is 0 Å². The molecule has 1 aromatic heterocycles. The lowest BCUT2D eigenvalue weighted by atomic mass is 9.99. The smallest absolute Gasteiger partial charge is 0.402 e. The minimum atomic E-state index is -1.83. The Morgan fingerprint density at radius 1 is 0.830 bits per heavy atom. The summed E-state index contributed by atoms with van der Waals surface area (Å²) in [6.45, 7) is -0.587. The van der Waals surface area contributed by atoms with Crippen molar-refractivity contribution >= 4 is 23.0 Å². The van der Waals surface area contributed by atoms with E-state index in [2.05, 4.69) is 0 Å². The number of esters is 1. The van der Waals surface area contributed by atoms with Crippen LogP contribution in [0.3, 0.4) is 0 Å². The summed E-state index contributed by atoms with van der Waals surface area (Å²) in [5.74, 6) is -2.88. The number of phenols is 5. The molecule has 4 aromatic rings. The van der Waals surface area contributed by atoms with Crippen molar-refractivity contribution in [3.8, 4) is 57.3 Å². The van der Waals surface area contributed by atoms with E-state index >= 15 is 0 Å². The first-order valence-electron chi connectivity index (χ1n) is 13.9. The molecular weight excluding hydrogens is 624 g/mol. The highest BCUT2D eigenvalue weighted by atomic mass is 16.7. The lowest BCUT2D eigenvalue weighted by Gasteiger charge is -2.39. The number of aliphatic hydroxyl groups is 3. The summed E-state index contributed by atoms with van der Waals surface area (Å²) in [5.41, 5.74) is 0.595. The number of rotatable bonds is 9. The van der Waals surface area contributed by atoms with Gasteiger partial charge in [0.15, 0.2) is 23.0 Å². The molecule has 0 unspecified atom stereocenters. The topological polar surface area (TPSA) is 236 Å². The van der Waals surface area contributed by atoms with Gasteiger partial charge in [-0.2, -0.15) is 0 Å². The molecular formula is C32H31O15+. The minimum Gasteiger partial charge on any atom is -0.507 e. The van der Waals surface area contributed by atoms with Gasteiger partial charge in [0, 0.05) is 30.3 Å². The van der Waals surface area contributed by atoms with Crippen LogP contribution in [0.1, 0.15) is 5.56 Å². The molecule has 0 saturated carbocycles. The summed E-state index contributed by atoms with van der Waals surface area (Å²) in [4.78, 5) is 12.4. The van der Waals surface area contributed by atoms with Gasteiger partial charge in [-0.05, 0) is 23.8 Å². The molecule has 1 aliphatic rings. The SMILES string of the molecule is COc1cc(-c2[o+]c3cc(O)cc(O)c3cc2O[C@@H]2O[C@H](COC(=O)/C=C/c3ccc(O)c(O)c3)[C@@H](O)[C@H](O)[C@H]2O)cc(OC)c1O. The molecule has 0 aliphatic carbocycles. The Morgan fingerprint density at radius 2 is 1.53 bits per heavy atom. The predicted molar refractivity (Wildman–Crippen MR) is 161 cm³/mol. The zero-order valence-corrected chi connectivity index (χ0v) is 24.8. The molecule has 5 rings (SSSR count). The van der Waals surface area contributed by atoms with E-state index in [0.717, 1.165) is 12.1 Å². The number of carbonyl (C=O) groups excluding carboxylic acids is 1. The second-order valence-corrected chi connectivity index (χ2v) is 10.4. The third-order valence-corrected chi connectivity index (χ3v) is 7.27. The monoisotopic (exact) mass is 655 g/mol. The van der Waals surface area contributed by atoms with E-state index in [1.165, 1.54) is 62.8 Å². The van der Waals surface area contributed by atoms with E-state index in [9.17, 15) is 45.6 Å². The summed E-state index contributed by atoms with van der Waals surface area (Å²) >= 11 is 0. The Balaban J connectivity index is 1.43. The van der Waals surface area contributed by atoms with Crippen molar-refractivity contribution in [3.63, 3.8) is 0 Å². The van der Waals surface area contributed by atoms with Crippen molar-refractivity contribution in [2.24, 2.45) is 0 Å². The van der Waals surface area contributed by atoms with Gasteiger partial charge in [0.2, 0.25) is 17.8 Å². The Labute approximate surface area is 265 Å². The largest absolute Gasteiger partial charge is 0.507 e. The maximum absolute atomic E-state index is 12.4. The molecule has 0 bridgehead atoms. The average Bonchev–Trinajstić information content (AvgIpc) is 3.05. The first-order valence-corrected chi connectivity index (χ1v) is 13.9. The zero-order chi connectivity index (χ0) is 34.0. The normalized spacial score (nSPS) is 21.1. The number of ether oxygens (including phenoxy) is 5. The van der Waals surface area contributed by atoms with Crippen LogP contribution in [0.2, 0.25) is 0 Å². The molecule has 1 aliphatic heterocycles. The fourth-order valence-electron chi connectivity index (χ4n) is 4.79. The van der Waals surface area contributed by atoms with E-state index in [0.29, 0.717) is 5.56 Å². The maximum Gasteiger partial charge on any atom is 0.402 e. The average molecular weight is 656 g/mol. The van der Waals surface area contributed by atoms with Crippen LogP contribution < -0.4 is 14.2 Å². The van der Waals surface area contributed by atoms with Crippen LogP contribution in [0, 0.1) is 0 Å². The second-order valence-electron chi connectivity index (χ2n) is 10.4. The molecule has 1 saturated heterocycles. The van der Waals surface area contributed by atoms with Gasteiger partial charge in [0.25, 0.3) is 0 Å². The molecule has 0 spiro atoms. The molecule has 2 heterocycles. The van der Waals surface area contributed by atoms with E-state index in [1.807, 2.05) is 0 Å². The van der Waals surface area contributed by atoms with Gasteiger partial charge < -0.3 is 64.5 Å². The van der Waals surface area contributed by atoms with Crippen LogP contribution in [0.5, 0.6) is 46.0 Å². The molecule has 248 valence electrons. The molecule has 8 N–H and O–H groups in total. The maximum atomic E-state index is 12.4. The molecule has 1 fully saturated rings. The number of methoxy groups -OCH3 is 2. The number of hydrogen-bond acceptors (Lipinski definition) is 14. The van der Waals surface area contributed by atoms with Crippen LogP contribution in [-0.2, 0) is 14.3 Å². The van der Waals surface area contributed by atoms with E-state index in [4.69, 9.17) is 28.1 Å². The van der Waals surface area contributed by atoms with Crippen LogP contribution in [0.15, 0.2) is 59.0 Å². The standard InChI is InChI=1S/C32H30O15/c1-42-22-8-15(9-23(43-2)27(22)38)31-24(12-17-19(35)10-16(33)11-21(17)45-31)46-32-30(41)29(40)28(39)25(47-32)13-44-26(37)6-4-14-3-5-18(34)20(36)7-14/h3-12,25,28-30,32,39-41H,13H2,1-2H3,(H4-,33,34,35,36,37,38)/p+1/t25-,28-,29+,30-,32-/m1/s1. The van der Waals surface area contributed by atoms with E-state index < -0.39 is 49.0 Å². The predicted octanol–water partition coefficient (Wildman–Crippen LogP) is 2.37. The van der Waals surface area contributed by atoms with Gasteiger partial charge in [0.05, 0.1) is 25.8 Å². The number of aliphatic hydroxyl groups excluding tert-OH is 3. The van der Waals surface area contributed by atoms with Crippen molar-refractivity contribution in [3.05, 3.63) is 60.2 Å². The van der Waals surface area contributed by atoms with Crippen molar-refractivity contribution in [1.29, 1.82) is 0 Å². The van der Waals surface area contributed by atoms with Gasteiger partial charge in [0.1, 0.15) is 47.9 Å². The molecule has 5 atom stereocenters. The number of carbonyl (C=O) groups is 1. The van der Waals surface area contributed by atoms with Crippen molar-refractivity contribution in [2.45, 2.75) is 30.7 Å². The number of phenolic OH excluding ortho intramolecular Hbond substituents is 5. The van der Waals surface area contributed by atoms with Crippen LogP contribution in [0.4, 0.5) is 0 Å². The van der Waals surface area contributed by atoms with Gasteiger partial charge in [-0.25, -0.2) is 9.21 Å². The van der Waals surface area contributed by atoms with E-state index in [-0.39, 0.29) is 62.5 Å². The number of aromatic hydroxyl groups is 5. The Kier molecular flexibility index (Phi) is 9.44. The first kappa shape index (κ1) is 32.9. The van der Waals surface area contributed by atoms with Crippen molar-refractivity contribution in [1.82, 2.24) is 0 Å². The fourth-order valence-corrected chi connectivity index (χ4v) is 4.79. The number of benzene rings is 3. The third-order valence-electron chi connectivity index (χ3n) is 7.27. The summed E-state index contributed by atoms with van der Waals surface area (Å²) in [6, 6.07) is 10.2. The van der Waals surface area contributed by atoms with E-state index in [1.54, 1.807) is 0 Å². The third kappa shape index (κ3) is 6.87. The summed E-state index contributed by atoms with van der Waals surface area (Å²) in [7, 11) is 2.62. The van der Waals surface area contributed by atoms with Gasteiger partial charge in [-0.15, -0.1) is 0 Å². The fraction of sp³-hybridized carbons (Fsp3) is 0.250.